The lowest BCUT2D eigenvalue weighted by Gasteiger charge is -2.15. The number of hydrogen-bond donors (Lipinski definition) is 2. The van der Waals surface area contributed by atoms with E-state index >= 15 is 0 Å². The van der Waals surface area contributed by atoms with Crippen LogP contribution >= 0.6 is 0 Å². The maximum Gasteiger partial charge on any atom is 0.225 e. The Kier molecular flexibility index (Phi) is 5.79. The maximum absolute atomic E-state index is 5.38. The second-order valence-corrected chi connectivity index (χ2v) is 7.18. The summed E-state index contributed by atoms with van der Waals surface area (Å²) >= 11 is 0. The number of aromatic nitrogens is 2. The second-order valence-electron chi connectivity index (χ2n) is 7.18. The third kappa shape index (κ3) is 4.77. The summed E-state index contributed by atoms with van der Waals surface area (Å²) in [6, 6.07) is 18.2. The molecule has 0 amide bonds. The first-order valence-electron chi connectivity index (χ1n) is 9.94. The molecule has 150 valence electrons. The number of ether oxygens (including phenoxy) is 2. The molecule has 0 saturated heterocycles. The van der Waals surface area contributed by atoms with E-state index in [1.807, 2.05) is 42.5 Å². The standard InChI is InChI=1S/C23H26N4O2/c1-28-19-12-18(13-20(14-19)29-2)24-22-15-21(16-8-4-3-5-9-16)26-23(27-22)25-17-10-6-7-11-17/h3-5,8-9,12-15,17H,6-7,10-11H2,1-2H3,(H2,24,25,26,27). The van der Waals surface area contributed by atoms with Crippen molar-refractivity contribution in [1.82, 2.24) is 9.97 Å². The molecule has 2 aromatic carbocycles. The summed E-state index contributed by atoms with van der Waals surface area (Å²) in [5, 5.41) is 6.89. The summed E-state index contributed by atoms with van der Waals surface area (Å²) in [7, 11) is 3.28. The largest absolute Gasteiger partial charge is 0.497 e. The molecule has 29 heavy (non-hydrogen) atoms. The number of methoxy groups -OCH3 is 2. The molecule has 6 nitrogen and oxygen atoms in total. The first-order chi connectivity index (χ1) is 14.2. The fraction of sp³-hybridized carbons (Fsp3) is 0.304. The van der Waals surface area contributed by atoms with Crippen molar-refractivity contribution in [2.24, 2.45) is 0 Å². The van der Waals surface area contributed by atoms with Gasteiger partial charge in [0.15, 0.2) is 0 Å². The Labute approximate surface area is 171 Å². The zero-order valence-corrected chi connectivity index (χ0v) is 16.8. The van der Waals surface area contributed by atoms with E-state index in [0.29, 0.717) is 23.5 Å². The first-order valence-corrected chi connectivity index (χ1v) is 9.94. The Morgan fingerprint density at radius 3 is 2.21 bits per heavy atom. The first kappa shape index (κ1) is 19.1. The summed E-state index contributed by atoms with van der Waals surface area (Å²) < 4.78 is 10.8. The van der Waals surface area contributed by atoms with Gasteiger partial charge >= 0.3 is 0 Å². The zero-order chi connectivity index (χ0) is 20.1. The van der Waals surface area contributed by atoms with E-state index in [0.717, 1.165) is 35.6 Å². The van der Waals surface area contributed by atoms with Gasteiger partial charge in [-0.15, -0.1) is 0 Å². The summed E-state index contributed by atoms with van der Waals surface area (Å²) in [5.41, 5.74) is 2.76. The predicted molar refractivity (Wildman–Crippen MR) is 116 cm³/mol. The van der Waals surface area contributed by atoms with Crippen molar-refractivity contribution in [2.45, 2.75) is 31.7 Å². The molecule has 1 aliphatic carbocycles. The van der Waals surface area contributed by atoms with Gasteiger partial charge in [0.05, 0.1) is 19.9 Å². The molecule has 3 aromatic rings. The van der Waals surface area contributed by atoms with Crippen molar-refractivity contribution in [2.75, 3.05) is 24.9 Å². The van der Waals surface area contributed by atoms with Crippen molar-refractivity contribution < 1.29 is 9.47 Å². The highest BCUT2D eigenvalue weighted by Crippen LogP contribution is 2.30. The third-order valence-corrected chi connectivity index (χ3v) is 5.11. The van der Waals surface area contributed by atoms with Crippen LogP contribution < -0.4 is 20.1 Å². The van der Waals surface area contributed by atoms with Crippen LogP contribution in [0.15, 0.2) is 54.6 Å². The van der Waals surface area contributed by atoms with Crippen LogP contribution in [0, 0.1) is 0 Å². The Morgan fingerprint density at radius 2 is 1.55 bits per heavy atom. The van der Waals surface area contributed by atoms with Crippen LogP contribution in [0.3, 0.4) is 0 Å². The highest BCUT2D eigenvalue weighted by atomic mass is 16.5. The van der Waals surface area contributed by atoms with E-state index in [9.17, 15) is 0 Å². The van der Waals surface area contributed by atoms with Gasteiger partial charge in [0.2, 0.25) is 5.95 Å². The monoisotopic (exact) mass is 390 g/mol. The lowest BCUT2D eigenvalue weighted by atomic mass is 10.1. The number of hydrogen-bond acceptors (Lipinski definition) is 6. The van der Waals surface area contributed by atoms with Gasteiger partial charge in [-0.05, 0) is 12.8 Å². The average Bonchev–Trinajstić information content (AvgIpc) is 3.27. The minimum absolute atomic E-state index is 0.436. The lowest BCUT2D eigenvalue weighted by Crippen LogP contribution is -2.17. The van der Waals surface area contributed by atoms with Crippen molar-refractivity contribution in [3.8, 4) is 22.8 Å². The SMILES string of the molecule is COc1cc(Nc2cc(-c3ccccc3)nc(NC3CCCC3)n2)cc(OC)c1. The highest BCUT2D eigenvalue weighted by Gasteiger charge is 2.17. The van der Waals surface area contributed by atoms with Gasteiger partial charge < -0.3 is 20.1 Å². The number of anilines is 3. The molecule has 0 bridgehead atoms. The molecule has 0 aliphatic heterocycles. The number of benzene rings is 2. The molecule has 1 heterocycles. The molecule has 6 heteroatoms. The number of nitrogens with one attached hydrogen (secondary N) is 2. The van der Waals surface area contributed by atoms with Crippen LogP contribution in [0.4, 0.5) is 17.5 Å². The van der Waals surface area contributed by atoms with Gasteiger partial charge in [-0.1, -0.05) is 43.2 Å². The van der Waals surface area contributed by atoms with Gasteiger partial charge in [-0.3, -0.25) is 0 Å². The van der Waals surface area contributed by atoms with Gasteiger partial charge in [0, 0.05) is 41.6 Å². The van der Waals surface area contributed by atoms with Gasteiger partial charge in [0.25, 0.3) is 0 Å². The minimum Gasteiger partial charge on any atom is -0.497 e. The van der Waals surface area contributed by atoms with E-state index < -0.39 is 0 Å². The summed E-state index contributed by atoms with van der Waals surface area (Å²) in [5.74, 6) is 2.80. The van der Waals surface area contributed by atoms with Crippen molar-refractivity contribution in [3.05, 3.63) is 54.6 Å². The molecule has 1 aromatic heterocycles. The molecular formula is C23H26N4O2. The van der Waals surface area contributed by atoms with E-state index in [1.165, 1.54) is 12.8 Å². The molecule has 0 radical (unpaired) electrons. The summed E-state index contributed by atoms with van der Waals surface area (Å²) in [6.45, 7) is 0. The van der Waals surface area contributed by atoms with Crippen LogP contribution in [0.2, 0.25) is 0 Å². The zero-order valence-electron chi connectivity index (χ0n) is 16.8. The molecule has 1 saturated carbocycles. The molecule has 1 aliphatic rings. The minimum atomic E-state index is 0.436. The van der Waals surface area contributed by atoms with Gasteiger partial charge in [0.1, 0.15) is 17.3 Å². The highest BCUT2D eigenvalue weighted by molar-refractivity contribution is 5.68. The van der Waals surface area contributed by atoms with Gasteiger partial charge in [-0.2, -0.15) is 4.98 Å². The van der Waals surface area contributed by atoms with Crippen LogP contribution in [0.25, 0.3) is 11.3 Å². The fourth-order valence-electron chi connectivity index (χ4n) is 3.61. The summed E-state index contributed by atoms with van der Waals surface area (Å²) in [6.07, 6.45) is 4.83. The van der Waals surface area contributed by atoms with Crippen LogP contribution in [0.1, 0.15) is 25.7 Å². The summed E-state index contributed by atoms with van der Waals surface area (Å²) in [4.78, 5) is 9.48. The van der Waals surface area contributed by atoms with E-state index in [-0.39, 0.29) is 0 Å². The van der Waals surface area contributed by atoms with Crippen LogP contribution in [-0.2, 0) is 0 Å². The average molecular weight is 390 g/mol. The topological polar surface area (TPSA) is 68.3 Å². The molecule has 1 fully saturated rings. The maximum atomic E-state index is 5.38. The Bertz CT molecular complexity index is 934. The quantitative estimate of drug-likeness (QED) is 0.574. The lowest BCUT2D eigenvalue weighted by molar-refractivity contribution is 0.395. The Morgan fingerprint density at radius 1 is 0.862 bits per heavy atom. The fourth-order valence-corrected chi connectivity index (χ4v) is 3.61. The molecule has 2 N–H and O–H groups in total. The van der Waals surface area contributed by atoms with Gasteiger partial charge in [-0.25, -0.2) is 4.98 Å². The predicted octanol–water partition coefficient (Wildman–Crippen LogP) is 5.26. The Balaban J connectivity index is 1.68. The molecule has 0 spiro atoms. The molecule has 4 rings (SSSR count). The molecule has 0 unspecified atom stereocenters. The second kappa shape index (κ2) is 8.82. The smallest absolute Gasteiger partial charge is 0.225 e. The molecular weight excluding hydrogens is 364 g/mol. The Hall–Kier alpha value is -3.28. The van der Waals surface area contributed by atoms with Crippen molar-refractivity contribution in [1.29, 1.82) is 0 Å². The van der Waals surface area contributed by atoms with E-state index in [1.54, 1.807) is 14.2 Å². The van der Waals surface area contributed by atoms with Crippen molar-refractivity contribution in [3.63, 3.8) is 0 Å². The number of nitrogens with zero attached hydrogens (tertiary/aromatic N) is 2. The molecule has 0 atom stereocenters. The van der Waals surface area contributed by atoms with E-state index in [2.05, 4.69) is 22.8 Å². The normalized spacial score (nSPS) is 13.9. The van der Waals surface area contributed by atoms with Crippen molar-refractivity contribution >= 4 is 17.5 Å². The number of rotatable bonds is 7. The third-order valence-electron chi connectivity index (χ3n) is 5.11. The van der Waals surface area contributed by atoms with E-state index in [4.69, 9.17) is 19.4 Å². The van der Waals surface area contributed by atoms with Crippen LogP contribution in [0.5, 0.6) is 11.5 Å². The van der Waals surface area contributed by atoms with Crippen LogP contribution in [-0.4, -0.2) is 30.2 Å².